The molecule has 1 aliphatic carbocycles. The molecule has 0 atom stereocenters. The summed E-state index contributed by atoms with van der Waals surface area (Å²) in [6.07, 6.45) is 6.35. The van der Waals surface area contributed by atoms with E-state index in [2.05, 4.69) is 20.3 Å². The van der Waals surface area contributed by atoms with Gasteiger partial charge in [0.25, 0.3) is 0 Å². The number of hydrogen-bond donors (Lipinski definition) is 1. The second kappa shape index (κ2) is 4.82. The van der Waals surface area contributed by atoms with Crippen LogP contribution in [-0.2, 0) is 6.54 Å². The van der Waals surface area contributed by atoms with Crippen molar-refractivity contribution < 1.29 is 0 Å². The number of nitrogens with zero attached hydrogens (tertiary/aromatic N) is 3. The predicted octanol–water partition coefficient (Wildman–Crippen LogP) is 2.10. The minimum atomic E-state index is 0.689. The zero-order valence-corrected chi connectivity index (χ0v) is 10.4. The Kier molecular flexibility index (Phi) is 3.02. The molecule has 2 heterocycles. The van der Waals surface area contributed by atoms with Crippen molar-refractivity contribution in [2.45, 2.75) is 32.4 Å². The van der Waals surface area contributed by atoms with E-state index in [-0.39, 0.29) is 0 Å². The summed E-state index contributed by atoms with van der Waals surface area (Å²) in [6.45, 7) is 2.82. The largest absolute Gasteiger partial charge is 0.310 e. The van der Waals surface area contributed by atoms with Crippen molar-refractivity contribution in [1.29, 1.82) is 0 Å². The van der Waals surface area contributed by atoms with Crippen molar-refractivity contribution in [3.8, 4) is 11.5 Å². The van der Waals surface area contributed by atoms with Crippen LogP contribution in [0.5, 0.6) is 0 Å². The van der Waals surface area contributed by atoms with Crippen LogP contribution >= 0.6 is 0 Å². The van der Waals surface area contributed by atoms with Crippen LogP contribution in [0.3, 0.4) is 0 Å². The van der Waals surface area contributed by atoms with Crippen molar-refractivity contribution in [3.05, 3.63) is 41.9 Å². The number of hydrogen-bond acceptors (Lipinski definition) is 4. The summed E-state index contributed by atoms with van der Waals surface area (Å²) in [5.41, 5.74) is 2.94. The van der Waals surface area contributed by atoms with Crippen LogP contribution in [0.1, 0.15) is 24.1 Å². The first kappa shape index (κ1) is 11.3. The maximum absolute atomic E-state index is 4.42. The number of aryl methyl sites for hydroxylation is 1. The molecule has 0 saturated heterocycles. The molecule has 18 heavy (non-hydrogen) atoms. The Morgan fingerprint density at radius 3 is 2.67 bits per heavy atom. The number of nitrogens with one attached hydrogen (secondary N) is 1. The van der Waals surface area contributed by atoms with E-state index >= 15 is 0 Å². The molecular weight excluding hydrogens is 224 g/mol. The van der Waals surface area contributed by atoms with Crippen molar-refractivity contribution in [3.63, 3.8) is 0 Å². The first-order valence-electron chi connectivity index (χ1n) is 6.29. The van der Waals surface area contributed by atoms with Gasteiger partial charge in [-0.3, -0.25) is 0 Å². The fourth-order valence-electron chi connectivity index (χ4n) is 1.80. The van der Waals surface area contributed by atoms with Gasteiger partial charge in [-0.25, -0.2) is 15.0 Å². The Labute approximate surface area is 107 Å². The van der Waals surface area contributed by atoms with Gasteiger partial charge >= 0.3 is 0 Å². The summed E-state index contributed by atoms with van der Waals surface area (Å²) in [5, 5.41) is 3.45. The van der Waals surface area contributed by atoms with E-state index < -0.39 is 0 Å². The second-order valence-electron chi connectivity index (χ2n) is 4.73. The highest BCUT2D eigenvalue weighted by Crippen LogP contribution is 2.19. The van der Waals surface area contributed by atoms with Gasteiger partial charge in [0.1, 0.15) is 5.69 Å². The minimum absolute atomic E-state index is 0.689. The average molecular weight is 240 g/mol. The molecule has 2 aromatic rings. The van der Waals surface area contributed by atoms with Crippen LogP contribution in [0, 0.1) is 6.92 Å². The van der Waals surface area contributed by atoms with Gasteiger partial charge in [-0.2, -0.15) is 0 Å². The standard InChI is InChI=1S/C14H16N4/c1-10-3-2-4-13(18-10)14-16-8-11(9-17-14)7-15-12-5-6-12/h2-4,8-9,12,15H,5-7H2,1H3. The molecule has 2 aromatic heterocycles. The molecule has 0 radical (unpaired) electrons. The van der Waals surface area contributed by atoms with Gasteiger partial charge in [0.2, 0.25) is 0 Å². The van der Waals surface area contributed by atoms with Crippen LogP contribution in [-0.4, -0.2) is 21.0 Å². The topological polar surface area (TPSA) is 50.7 Å². The van der Waals surface area contributed by atoms with E-state index in [1.807, 2.05) is 37.5 Å². The maximum atomic E-state index is 4.42. The fourth-order valence-corrected chi connectivity index (χ4v) is 1.80. The lowest BCUT2D eigenvalue weighted by molar-refractivity contribution is 0.683. The molecule has 3 rings (SSSR count). The molecular formula is C14H16N4. The molecule has 4 nitrogen and oxygen atoms in total. The van der Waals surface area contributed by atoms with Gasteiger partial charge in [0, 0.05) is 36.2 Å². The Balaban J connectivity index is 1.73. The first-order chi connectivity index (χ1) is 8.81. The summed E-state index contributed by atoms with van der Waals surface area (Å²) in [4.78, 5) is 13.2. The SMILES string of the molecule is Cc1cccc(-c2ncc(CNC3CC3)cn2)n1. The molecule has 4 heteroatoms. The second-order valence-corrected chi connectivity index (χ2v) is 4.73. The lowest BCUT2D eigenvalue weighted by atomic mass is 10.3. The lowest BCUT2D eigenvalue weighted by Gasteiger charge is -2.04. The Morgan fingerprint density at radius 2 is 2.00 bits per heavy atom. The smallest absolute Gasteiger partial charge is 0.178 e. The van der Waals surface area contributed by atoms with Crippen LogP contribution in [0.25, 0.3) is 11.5 Å². The predicted molar refractivity (Wildman–Crippen MR) is 69.9 cm³/mol. The highest BCUT2D eigenvalue weighted by molar-refractivity contribution is 5.48. The molecule has 1 aliphatic rings. The number of rotatable bonds is 4. The quantitative estimate of drug-likeness (QED) is 0.889. The van der Waals surface area contributed by atoms with E-state index in [0.29, 0.717) is 11.9 Å². The van der Waals surface area contributed by atoms with E-state index in [0.717, 1.165) is 23.5 Å². The summed E-state index contributed by atoms with van der Waals surface area (Å²) < 4.78 is 0. The molecule has 0 bridgehead atoms. The molecule has 1 fully saturated rings. The maximum Gasteiger partial charge on any atom is 0.178 e. The summed E-state index contributed by atoms with van der Waals surface area (Å²) in [5.74, 6) is 0.689. The third kappa shape index (κ3) is 2.71. The summed E-state index contributed by atoms with van der Waals surface area (Å²) in [7, 11) is 0. The molecule has 92 valence electrons. The monoisotopic (exact) mass is 240 g/mol. The van der Waals surface area contributed by atoms with Crippen LogP contribution in [0.15, 0.2) is 30.6 Å². The zero-order chi connectivity index (χ0) is 12.4. The molecule has 0 aliphatic heterocycles. The minimum Gasteiger partial charge on any atom is -0.310 e. The van der Waals surface area contributed by atoms with Crippen LogP contribution in [0.4, 0.5) is 0 Å². The molecule has 0 aromatic carbocycles. The Morgan fingerprint density at radius 1 is 1.22 bits per heavy atom. The van der Waals surface area contributed by atoms with Crippen LogP contribution < -0.4 is 5.32 Å². The molecule has 0 spiro atoms. The zero-order valence-electron chi connectivity index (χ0n) is 10.4. The van der Waals surface area contributed by atoms with Gasteiger partial charge in [0.05, 0.1) is 0 Å². The molecule has 1 N–H and O–H groups in total. The van der Waals surface area contributed by atoms with E-state index in [1.54, 1.807) is 0 Å². The average Bonchev–Trinajstić information content (AvgIpc) is 3.21. The van der Waals surface area contributed by atoms with Gasteiger partial charge in [-0.05, 0) is 31.9 Å². The molecule has 0 amide bonds. The molecule has 1 saturated carbocycles. The summed E-state index contributed by atoms with van der Waals surface area (Å²) in [6, 6.07) is 6.59. The van der Waals surface area contributed by atoms with Crippen LogP contribution in [0.2, 0.25) is 0 Å². The van der Waals surface area contributed by atoms with E-state index in [4.69, 9.17) is 0 Å². The number of pyridine rings is 1. The van der Waals surface area contributed by atoms with Crippen molar-refractivity contribution in [2.75, 3.05) is 0 Å². The third-order valence-corrected chi connectivity index (χ3v) is 2.99. The van der Waals surface area contributed by atoms with Gasteiger partial charge in [-0.1, -0.05) is 6.07 Å². The molecule has 0 unspecified atom stereocenters. The van der Waals surface area contributed by atoms with E-state index in [1.165, 1.54) is 12.8 Å². The fraction of sp³-hybridized carbons (Fsp3) is 0.357. The number of aromatic nitrogens is 3. The normalized spacial score (nSPS) is 14.7. The van der Waals surface area contributed by atoms with Gasteiger partial charge in [0.15, 0.2) is 5.82 Å². The van der Waals surface area contributed by atoms with Gasteiger partial charge in [-0.15, -0.1) is 0 Å². The third-order valence-electron chi connectivity index (χ3n) is 2.99. The van der Waals surface area contributed by atoms with E-state index in [9.17, 15) is 0 Å². The van der Waals surface area contributed by atoms with Crippen molar-refractivity contribution in [1.82, 2.24) is 20.3 Å². The summed E-state index contributed by atoms with van der Waals surface area (Å²) >= 11 is 0. The Bertz CT molecular complexity index is 532. The highest BCUT2D eigenvalue weighted by atomic mass is 15.0. The van der Waals surface area contributed by atoms with Gasteiger partial charge < -0.3 is 5.32 Å². The first-order valence-corrected chi connectivity index (χ1v) is 6.29. The van der Waals surface area contributed by atoms with Crippen molar-refractivity contribution in [2.24, 2.45) is 0 Å². The van der Waals surface area contributed by atoms with Crippen molar-refractivity contribution >= 4 is 0 Å². The lowest BCUT2D eigenvalue weighted by Crippen LogP contribution is -2.15. The highest BCUT2D eigenvalue weighted by Gasteiger charge is 2.19. The Hall–Kier alpha value is -1.81.